The predicted octanol–water partition coefficient (Wildman–Crippen LogP) is 2.52. The van der Waals surface area contributed by atoms with E-state index < -0.39 is 0 Å². The zero-order valence-electron chi connectivity index (χ0n) is 14.0. The second-order valence-electron chi connectivity index (χ2n) is 6.29. The fourth-order valence-electron chi connectivity index (χ4n) is 3.01. The number of hydrogen-bond acceptors (Lipinski definition) is 4. The van der Waals surface area contributed by atoms with Crippen LogP contribution in [0.5, 0.6) is 0 Å². The van der Waals surface area contributed by atoms with Crippen LogP contribution in [0.2, 0.25) is 0 Å². The number of aryl methyl sites for hydroxylation is 1. The van der Waals surface area contributed by atoms with Crippen molar-refractivity contribution in [3.8, 4) is 0 Å². The monoisotopic (exact) mass is 361 g/mol. The first-order chi connectivity index (χ1) is 11.9. The van der Waals surface area contributed by atoms with Gasteiger partial charge in [0.05, 0.1) is 10.7 Å². The van der Waals surface area contributed by atoms with Crippen LogP contribution in [0.25, 0.3) is 0 Å². The molecule has 1 saturated heterocycles. The number of benzene rings is 1. The van der Waals surface area contributed by atoms with Crippen molar-refractivity contribution in [3.63, 3.8) is 0 Å². The van der Waals surface area contributed by atoms with Gasteiger partial charge in [0.25, 0.3) is 5.91 Å². The van der Waals surface area contributed by atoms with E-state index in [9.17, 15) is 14.0 Å². The lowest BCUT2D eigenvalue weighted by atomic mass is 9.96. The number of aromatic nitrogens is 1. The molecule has 132 valence electrons. The van der Waals surface area contributed by atoms with Crippen LogP contribution in [-0.4, -0.2) is 34.8 Å². The molecule has 2 heterocycles. The molecule has 1 aliphatic rings. The highest BCUT2D eigenvalue weighted by Crippen LogP contribution is 2.25. The minimum atomic E-state index is -0.289. The molecule has 1 aliphatic heterocycles. The number of likely N-dealkylation sites (tertiary alicyclic amines) is 1. The summed E-state index contributed by atoms with van der Waals surface area (Å²) in [6, 6.07) is 6.29. The van der Waals surface area contributed by atoms with Crippen LogP contribution >= 0.6 is 11.3 Å². The fraction of sp³-hybridized carbons (Fsp3) is 0.389. The van der Waals surface area contributed by atoms with Gasteiger partial charge in [0, 0.05) is 25.4 Å². The van der Waals surface area contributed by atoms with E-state index in [1.54, 1.807) is 17.0 Å². The number of thiazole rings is 1. The Balaban J connectivity index is 1.68. The maximum Gasteiger partial charge on any atom is 0.265 e. The average Bonchev–Trinajstić information content (AvgIpc) is 2.96. The highest BCUT2D eigenvalue weighted by Gasteiger charge is 2.28. The molecule has 0 unspecified atom stereocenters. The van der Waals surface area contributed by atoms with Crippen molar-refractivity contribution in [1.82, 2.24) is 9.88 Å². The summed E-state index contributed by atoms with van der Waals surface area (Å²) in [6.45, 7) is 2.90. The summed E-state index contributed by atoms with van der Waals surface area (Å²) in [5.74, 6) is -0.735. The number of hydrogen-bond donors (Lipinski definition) is 1. The largest absolute Gasteiger partial charge is 0.369 e. The Morgan fingerprint density at radius 1 is 1.28 bits per heavy atom. The third-order valence-corrected chi connectivity index (χ3v) is 5.63. The maximum atomic E-state index is 13.0. The van der Waals surface area contributed by atoms with Gasteiger partial charge in [-0.05, 0) is 37.5 Å². The zero-order chi connectivity index (χ0) is 18.0. The number of halogens is 1. The summed E-state index contributed by atoms with van der Waals surface area (Å²) in [5.41, 5.74) is 7.00. The fourth-order valence-corrected chi connectivity index (χ4v) is 4.08. The molecule has 25 heavy (non-hydrogen) atoms. The third kappa shape index (κ3) is 4.04. The Kier molecular flexibility index (Phi) is 5.13. The molecule has 5 nitrogen and oxygen atoms in total. The first kappa shape index (κ1) is 17.5. The van der Waals surface area contributed by atoms with Gasteiger partial charge in [0.2, 0.25) is 5.91 Å². The number of nitrogens with two attached hydrogens (primary N) is 1. The Morgan fingerprint density at radius 3 is 2.52 bits per heavy atom. The van der Waals surface area contributed by atoms with E-state index in [2.05, 4.69) is 4.98 Å². The Bertz CT molecular complexity index is 780. The van der Waals surface area contributed by atoms with Gasteiger partial charge >= 0.3 is 0 Å². The number of amides is 2. The molecule has 0 aliphatic carbocycles. The van der Waals surface area contributed by atoms with Crippen LogP contribution in [-0.2, 0) is 11.2 Å². The quantitative estimate of drug-likeness (QED) is 0.909. The molecule has 1 fully saturated rings. The van der Waals surface area contributed by atoms with Gasteiger partial charge < -0.3 is 10.6 Å². The molecule has 2 N–H and O–H groups in total. The maximum absolute atomic E-state index is 13.0. The molecule has 0 atom stereocenters. The van der Waals surface area contributed by atoms with E-state index in [-0.39, 0.29) is 23.5 Å². The lowest BCUT2D eigenvalue weighted by Gasteiger charge is -2.30. The van der Waals surface area contributed by atoms with E-state index >= 15 is 0 Å². The van der Waals surface area contributed by atoms with Gasteiger partial charge in [-0.25, -0.2) is 9.37 Å². The van der Waals surface area contributed by atoms with E-state index in [1.165, 1.54) is 23.5 Å². The third-order valence-electron chi connectivity index (χ3n) is 4.49. The normalized spacial score (nSPS) is 15.4. The minimum absolute atomic E-state index is 0.0386. The summed E-state index contributed by atoms with van der Waals surface area (Å²) in [4.78, 5) is 30.9. The van der Waals surface area contributed by atoms with Gasteiger partial charge in [-0.1, -0.05) is 12.1 Å². The molecular weight excluding hydrogens is 341 g/mol. The Morgan fingerprint density at radius 2 is 1.92 bits per heavy atom. The first-order valence-electron chi connectivity index (χ1n) is 8.23. The van der Waals surface area contributed by atoms with Crippen molar-refractivity contribution in [2.24, 2.45) is 11.7 Å². The molecule has 2 aromatic rings. The predicted molar refractivity (Wildman–Crippen MR) is 93.9 cm³/mol. The number of rotatable bonds is 4. The standard InChI is InChI=1S/C18H20FN3O2S/c1-11-16(18(24)22-8-6-13(7-9-22)17(20)23)25-15(21-11)10-12-2-4-14(19)5-3-12/h2-5,13H,6-10H2,1H3,(H2,20,23). The van der Waals surface area contributed by atoms with Crippen molar-refractivity contribution < 1.29 is 14.0 Å². The van der Waals surface area contributed by atoms with Crippen LogP contribution in [0.15, 0.2) is 24.3 Å². The Hall–Kier alpha value is -2.28. The summed E-state index contributed by atoms with van der Waals surface area (Å²) in [6.07, 6.45) is 1.80. The van der Waals surface area contributed by atoms with Gasteiger partial charge in [-0.15, -0.1) is 11.3 Å². The van der Waals surface area contributed by atoms with E-state index in [0.29, 0.717) is 42.9 Å². The van der Waals surface area contributed by atoms with Crippen molar-refractivity contribution >= 4 is 23.2 Å². The van der Waals surface area contributed by atoms with Crippen molar-refractivity contribution in [2.45, 2.75) is 26.2 Å². The van der Waals surface area contributed by atoms with Gasteiger partial charge in [0.15, 0.2) is 0 Å². The molecule has 0 radical (unpaired) electrons. The molecule has 1 aromatic carbocycles. The lowest BCUT2D eigenvalue weighted by molar-refractivity contribution is -0.123. The van der Waals surface area contributed by atoms with Crippen LogP contribution in [0, 0.1) is 18.7 Å². The minimum Gasteiger partial charge on any atom is -0.369 e. The first-order valence-corrected chi connectivity index (χ1v) is 9.05. The van der Waals surface area contributed by atoms with Crippen LogP contribution in [0.4, 0.5) is 4.39 Å². The summed E-state index contributed by atoms with van der Waals surface area (Å²) >= 11 is 1.38. The molecule has 2 amide bonds. The summed E-state index contributed by atoms with van der Waals surface area (Å²) in [5, 5.41) is 0.833. The lowest BCUT2D eigenvalue weighted by Crippen LogP contribution is -2.41. The molecular formula is C18H20FN3O2S. The Labute approximate surface area is 149 Å². The molecule has 7 heteroatoms. The molecule has 1 aromatic heterocycles. The van der Waals surface area contributed by atoms with Crippen LogP contribution in [0.1, 0.15) is 38.8 Å². The highest BCUT2D eigenvalue weighted by atomic mass is 32.1. The number of carbonyl (C=O) groups excluding carboxylic acids is 2. The van der Waals surface area contributed by atoms with Crippen molar-refractivity contribution in [2.75, 3.05) is 13.1 Å². The van der Waals surface area contributed by atoms with Crippen molar-refractivity contribution in [1.29, 1.82) is 0 Å². The average molecular weight is 361 g/mol. The number of nitrogens with zero attached hydrogens (tertiary/aromatic N) is 2. The zero-order valence-corrected chi connectivity index (χ0v) is 14.8. The van der Waals surface area contributed by atoms with E-state index in [4.69, 9.17) is 5.73 Å². The van der Waals surface area contributed by atoms with Gasteiger partial charge in [0.1, 0.15) is 10.7 Å². The second-order valence-corrected chi connectivity index (χ2v) is 7.38. The van der Waals surface area contributed by atoms with Crippen LogP contribution < -0.4 is 5.73 Å². The molecule has 3 rings (SSSR count). The number of carbonyl (C=O) groups is 2. The van der Waals surface area contributed by atoms with Crippen molar-refractivity contribution in [3.05, 3.63) is 51.2 Å². The number of primary amides is 1. The molecule has 0 bridgehead atoms. The van der Waals surface area contributed by atoms with Crippen LogP contribution in [0.3, 0.4) is 0 Å². The smallest absolute Gasteiger partial charge is 0.265 e. The van der Waals surface area contributed by atoms with E-state index in [0.717, 1.165) is 10.6 Å². The van der Waals surface area contributed by atoms with Gasteiger partial charge in [-0.3, -0.25) is 9.59 Å². The number of piperidine rings is 1. The molecule has 0 saturated carbocycles. The second kappa shape index (κ2) is 7.31. The van der Waals surface area contributed by atoms with E-state index in [1.807, 2.05) is 6.92 Å². The SMILES string of the molecule is Cc1nc(Cc2ccc(F)cc2)sc1C(=O)N1CCC(C(N)=O)CC1. The van der Waals surface area contributed by atoms with Gasteiger partial charge in [-0.2, -0.15) is 0 Å². The summed E-state index contributed by atoms with van der Waals surface area (Å²) < 4.78 is 13.0. The summed E-state index contributed by atoms with van der Waals surface area (Å²) in [7, 11) is 0. The topological polar surface area (TPSA) is 76.3 Å². The highest BCUT2D eigenvalue weighted by molar-refractivity contribution is 7.13. The molecule has 0 spiro atoms.